The standard InChI is InChI=1S/C22H24F3NO4.C9H15NO3/c1-21(2,3)13-26-17-10-9-14(28-4)11-16(17)20(29-12-19(26)27)15-7-5-6-8-18(15)30-22(23,24)25;1-6-3-4-10(9(12)13)5-8(6)7(2)11/h5-11,20H,12-13H2,1-4H3;6,8H,3-5H2,1-2H3,(H,12,13)/t;6-,8-/m.0/s1. The Morgan fingerprint density at radius 2 is 1.77 bits per heavy atom. The fourth-order valence-corrected chi connectivity index (χ4v) is 5.16. The number of nitrogens with zero attached hydrogens (tertiary/aromatic N) is 2. The first-order chi connectivity index (χ1) is 20.0. The van der Waals surface area contributed by atoms with E-state index in [9.17, 15) is 27.6 Å². The maximum absolute atomic E-state index is 12.9. The molecule has 2 amide bonds. The average molecular weight is 609 g/mol. The predicted octanol–water partition coefficient (Wildman–Crippen LogP) is 6.30. The number of fused-ring (bicyclic) bond motifs is 1. The molecule has 9 nitrogen and oxygen atoms in total. The Morgan fingerprint density at radius 3 is 2.35 bits per heavy atom. The minimum Gasteiger partial charge on any atom is -0.497 e. The summed E-state index contributed by atoms with van der Waals surface area (Å²) in [5.74, 6) is 0.159. The van der Waals surface area contributed by atoms with Crippen LogP contribution in [0.4, 0.5) is 23.7 Å². The van der Waals surface area contributed by atoms with Gasteiger partial charge in [-0.05, 0) is 48.9 Å². The van der Waals surface area contributed by atoms with Gasteiger partial charge in [0.2, 0.25) is 0 Å². The number of hydrogen-bond acceptors (Lipinski definition) is 6. The molecule has 3 atom stereocenters. The molecule has 0 aliphatic carbocycles. The van der Waals surface area contributed by atoms with E-state index in [1.807, 2.05) is 27.7 Å². The van der Waals surface area contributed by atoms with Gasteiger partial charge in [-0.15, -0.1) is 13.2 Å². The van der Waals surface area contributed by atoms with Gasteiger partial charge in [-0.3, -0.25) is 9.59 Å². The molecule has 2 heterocycles. The van der Waals surface area contributed by atoms with E-state index in [1.54, 1.807) is 29.2 Å². The van der Waals surface area contributed by atoms with Gasteiger partial charge in [-0.2, -0.15) is 0 Å². The first kappa shape index (κ1) is 33.7. The zero-order valence-corrected chi connectivity index (χ0v) is 25.2. The van der Waals surface area contributed by atoms with Crippen LogP contribution in [0.25, 0.3) is 0 Å². The number of carbonyl (C=O) groups is 3. The zero-order chi connectivity index (χ0) is 32.1. The third-order valence-corrected chi connectivity index (χ3v) is 7.29. The Bertz CT molecular complexity index is 1310. The number of methoxy groups -OCH3 is 1. The third kappa shape index (κ3) is 9.09. The van der Waals surface area contributed by atoms with Gasteiger partial charge in [-0.25, -0.2) is 4.79 Å². The zero-order valence-electron chi connectivity index (χ0n) is 25.2. The number of ketones is 1. The largest absolute Gasteiger partial charge is 0.573 e. The summed E-state index contributed by atoms with van der Waals surface area (Å²) in [6.45, 7) is 10.6. The summed E-state index contributed by atoms with van der Waals surface area (Å²) in [6.07, 6.45) is -5.93. The molecule has 0 bridgehead atoms. The molecule has 1 unspecified atom stereocenters. The third-order valence-electron chi connectivity index (χ3n) is 7.29. The van der Waals surface area contributed by atoms with Gasteiger partial charge >= 0.3 is 12.5 Å². The van der Waals surface area contributed by atoms with E-state index in [4.69, 9.17) is 14.6 Å². The van der Waals surface area contributed by atoms with Crippen LogP contribution in [-0.2, 0) is 14.3 Å². The fraction of sp³-hybridized carbons (Fsp3) is 0.516. The molecule has 2 aliphatic heterocycles. The van der Waals surface area contributed by atoms with E-state index >= 15 is 0 Å². The predicted molar refractivity (Wildman–Crippen MR) is 153 cm³/mol. The number of para-hydroxylation sites is 1. The summed E-state index contributed by atoms with van der Waals surface area (Å²) in [7, 11) is 1.49. The number of likely N-dealkylation sites (tertiary alicyclic amines) is 1. The van der Waals surface area contributed by atoms with Crippen molar-refractivity contribution in [1.82, 2.24) is 4.90 Å². The molecule has 2 aromatic carbocycles. The van der Waals surface area contributed by atoms with Crippen molar-refractivity contribution in [3.05, 3.63) is 53.6 Å². The van der Waals surface area contributed by atoms with Crippen molar-refractivity contribution in [2.75, 3.05) is 38.3 Å². The van der Waals surface area contributed by atoms with Crippen molar-refractivity contribution in [1.29, 1.82) is 0 Å². The number of alkyl halides is 3. The van der Waals surface area contributed by atoms with E-state index in [1.165, 1.54) is 37.1 Å². The molecule has 1 saturated heterocycles. The number of halogens is 3. The van der Waals surface area contributed by atoms with E-state index < -0.39 is 18.6 Å². The Hall–Kier alpha value is -3.80. The summed E-state index contributed by atoms with van der Waals surface area (Å²) in [5, 5.41) is 8.74. The second kappa shape index (κ2) is 13.7. The van der Waals surface area contributed by atoms with E-state index in [0.29, 0.717) is 42.6 Å². The van der Waals surface area contributed by atoms with Crippen molar-refractivity contribution in [3.63, 3.8) is 0 Å². The number of Topliss-reactive ketones (excluding diaryl/α,β-unsaturated/α-hetero) is 1. The molecule has 0 radical (unpaired) electrons. The van der Waals surface area contributed by atoms with Crippen LogP contribution in [0.15, 0.2) is 42.5 Å². The van der Waals surface area contributed by atoms with E-state index in [2.05, 4.69) is 4.74 Å². The molecule has 0 aromatic heterocycles. The molecule has 4 rings (SSSR count). The number of ether oxygens (including phenoxy) is 3. The fourth-order valence-electron chi connectivity index (χ4n) is 5.16. The summed E-state index contributed by atoms with van der Waals surface area (Å²) < 4.78 is 54.2. The summed E-state index contributed by atoms with van der Waals surface area (Å²) in [4.78, 5) is 37.6. The summed E-state index contributed by atoms with van der Waals surface area (Å²) in [6, 6.07) is 10.9. The lowest BCUT2D eigenvalue weighted by Gasteiger charge is -2.33. The van der Waals surface area contributed by atoms with Crippen LogP contribution in [0.2, 0.25) is 0 Å². The molecule has 236 valence electrons. The second-order valence-corrected chi connectivity index (χ2v) is 12.0. The first-order valence-electron chi connectivity index (χ1n) is 13.9. The SMILES string of the molecule is CC(=O)[C@H]1CN(C(=O)O)CC[C@@H]1C.COc1ccc2c(c1)C(c1ccccc1OC(F)(F)F)OCC(=O)N2CC(C)(C)C. The number of rotatable bonds is 5. The van der Waals surface area contributed by atoms with Crippen LogP contribution < -0.4 is 14.4 Å². The van der Waals surface area contributed by atoms with Gasteiger partial charge < -0.3 is 29.1 Å². The Labute approximate surface area is 249 Å². The molecule has 2 aliphatic rings. The highest BCUT2D eigenvalue weighted by Gasteiger charge is 2.37. The van der Waals surface area contributed by atoms with Crippen LogP contribution in [0.3, 0.4) is 0 Å². The van der Waals surface area contributed by atoms with Crippen molar-refractivity contribution < 1.29 is 46.9 Å². The minimum atomic E-state index is -4.86. The highest BCUT2D eigenvalue weighted by Crippen LogP contribution is 2.43. The number of hydrogen-bond donors (Lipinski definition) is 1. The van der Waals surface area contributed by atoms with E-state index in [0.717, 1.165) is 6.42 Å². The number of anilines is 1. The van der Waals surface area contributed by atoms with Gasteiger partial charge in [0.25, 0.3) is 5.91 Å². The monoisotopic (exact) mass is 608 g/mol. The Morgan fingerprint density at radius 1 is 1.09 bits per heavy atom. The van der Waals surface area contributed by atoms with Crippen LogP contribution in [0.5, 0.6) is 11.5 Å². The van der Waals surface area contributed by atoms with Crippen molar-refractivity contribution in [2.45, 2.75) is 53.5 Å². The van der Waals surface area contributed by atoms with Crippen LogP contribution in [0.1, 0.15) is 58.3 Å². The van der Waals surface area contributed by atoms with Crippen LogP contribution in [0, 0.1) is 17.3 Å². The van der Waals surface area contributed by atoms with Gasteiger partial charge in [0.05, 0.1) is 12.8 Å². The Balaban J connectivity index is 0.000000326. The normalized spacial score (nSPS) is 20.8. The smallest absolute Gasteiger partial charge is 0.497 e. The highest BCUT2D eigenvalue weighted by molar-refractivity contribution is 5.96. The molecular weight excluding hydrogens is 569 g/mol. The molecule has 1 N–H and O–H groups in total. The average Bonchev–Trinajstić information content (AvgIpc) is 3.03. The van der Waals surface area contributed by atoms with Crippen LogP contribution in [-0.4, -0.2) is 67.5 Å². The van der Waals surface area contributed by atoms with Gasteiger partial charge in [0, 0.05) is 36.7 Å². The molecule has 43 heavy (non-hydrogen) atoms. The summed E-state index contributed by atoms with van der Waals surface area (Å²) >= 11 is 0. The molecule has 12 heteroatoms. The van der Waals surface area contributed by atoms with Crippen molar-refractivity contribution >= 4 is 23.5 Å². The highest BCUT2D eigenvalue weighted by atomic mass is 19.4. The quantitative estimate of drug-likeness (QED) is 0.425. The van der Waals surface area contributed by atoms with Gasteiger partial charge in [0.15, 0.2) is 0 Å². The van der Waals surface area contributed by atoms with Gasteiger partial charge in [0.1, 0.15) is 30.0 Å². The number of amides is 2. The lowest BCUT2D eigenvalue weighted by molar-refractivity contribution is -0.275. The molecule has 2 aromatic rings. The maximum atomic E-state index is 12.9. The molecule has 0 spiro atoms. The Kier molecular flexibility index (Phi) is 10.7. The number of benzene rings is 2. The number of carbonyl (C=O) groups excluding carboxylic acids is 2. The maximum Gasteiger partial charge on any atom is 0.573 e. The lowest BCUT2D eigenvalue weighted by atomic mass is 9.85. The topological polar surface area (TPSA) is 106 Å². The molecule has 0 saturated carbocycles. The van der Waals surface area contributed by atoms with Crippen LogP contribution >= 0.6 is 0 Å². The second-order valence-electron chi connectivity index (χ2n) is 12.0. The number of piperidine rings is 1. The minimum absolute atomic E-state index is 0.0958. The van der Waals surface area contributed by atoms with E-state index in [-0.39, 0.29) is 40.9 Å². The van der Waals surface area contributed by atoms with Gasteiger partial charge in [-0.1, -0.05) is 45.9 Å². The molecular formula is C31H39F3N2O7. The first-order valence-corrected chi connectivity index (χ1v) is 13.9. The number of carboxylic acid groups (broad SMARTS) is 1. The lowest BCUT2D eigenvalue weighted by Crippen LogP contribution is -2.44. The molecule has 1 fully saturated rings. The van der Waals surface area contributed by atoms with Crippen molar-refractivity contribution in [3.8, 4) is 11.5 Å². The summed E-state index contributed by atoms with van der Waals surface area (Å²) in [5.41, 5.74) is 1.07. The van der Waals surface area contributed by atoms with Crippen molar-refractivity contribution in [2.24, 2.45) is 17.3 Å².